The number of sulfone groups is 1. The Hall–Kier alpha value is -1.23. The van der Waals surface area contributed by atoms with Gasteiger partial charge in [-0.2, -0.15) is 0 Å². The van der Waals surface area contributed by atoms with Gasteiger partial charge in [-0.15, -0.1) is 11.3 Å². The topological polar surface area (TPSA) is 74.8 Å². The minimum absolute atomic E-state index is 0.0219. The largest absolute Gasteiger partial charge is 0.340 e. The van der Waals surface area contributed by atoms with Crippen LogP contribution in [0.3, 0.4) is 0 Å². The van der Waals surface area contributed by atoms with Crippen LogP contribution in [-0.2, 0) is 19.4 Å². The van der Waals surface area contributed by atoms with Crippen LogP contribution in [0, 0.1) is 0 Å². The van der Waals surface area contributed by atoms with E-state index >= 15 is 0 Å². The molecule has 1 aromatic heterocycles. The molecule has 2 aliphatic rings. The second kappa shape index (κ2) is 7.18. The van der Waals surface area contributed by atoms with Crippen molar-refractivity contribution in [3.05, 3.63) is 27.3 Å². The predicted molar refractivity (Wildman–Crippen MR) is 104 cm³/mol. The summed E-state index contributed by atoms with van der Waals surface area (Å²) in [7, 11) is -1.50. The highest BCUT2D eigenvalue weighted by atomic mass is 32.2. The van der Waals surface area contributed by atoms with E-state index in [2.05, 4.69) is 0 Å². The predicted octanol–water partition coefficient (Wildman–Crippen LogP) is 1.59. The molecule has 6 nitrogen and oxygen atoms in total. The normalized spacial score (nSPS) is 24.3. The van der Waals surface area contributed by atoms with Crippen LogP contribution in [0.5, 0.6) is 0 Å². The number of hydrogen-bond acceptors (Lipinski definition) is 7. The molecule has 0 spiro atoms. The van der Waals surface area contributed by atoms with E-state index in [4.69, 9.17) is 12.2 Å². The zero-order valence-electron chi connectivity index (χ0n) is 13.4. The number of carbonyl (C=O) groups is 2. The number of hydrogen-bond donors (Lipinski definition) is 0. The number of amides is 2. The molecule has 134 valence electrons. The molecule has 0 unspecified atom stereocenters. The molecule has 2 saturated heterocycles. The van der Waals surface area contributed by atoms with Crippen molar-refractivity contribution in [1.29, 1.82) is 0 Å². The van der Waals surface area contributed by atoms with Gasteiger partial charge in [0.15, 0.2) is 9.84 Å². The van der Waals surface area contributed by atoms with Crippen molar-refractivity contribution in [2.75, 3.05) is 25.1 Å². The SMILES string of the molecule is CN(C(=O)CN1C(=O)/C(=C\c2cccs2)SC1=S)[C@H]1CCS(=O)(=O)C1. The monoisotopic (exact) mass is 416 g/mol. The van der Waals surface area contributed by atoms with Crippen LogP contribution in [0.25, 0.3) is 6.08 Å². The zero-order valence-corrected chi connectivity index (χ0v) is 16.6. The van der Waals surface area contributed by atoms with E-state index in [1.54, 1.807) is 13.1 Å². The molecule has 0 saturated carbocycles. The Kier molecular flexibility index (Phi) is 5.33. The summed E-state index contributed by atoms with van der Waals surface area (Å²) in [6.45, 7) is -0.167. The second-order valence-electron chi connectivity index (χ2n) is 5.84. The quantitative estimate of drug-likeness (QED) is 0.548. The first-order chi connectivity index (χ1) is 11.8. The summed E-state index contributed by atoms with van der Waals surface area (Å²) in [5.74, 6) is -0.522. The van der Waals surface area contributed by atoms with Gasteiger partial charge in [-0.1, -0.05) is 30.0 Å². The highest BCUT2D eigenvalue weighted by Crippen LogP contribution is 2.33. The third-order valence-corrected chi connectivity index (χ3v) is 8.08. The Bertz CT molecular complexity index is 845. The number of carbonyl (C=O) groups excluding carboxylic acids is 2. The first kappa shape index (κ1) is 18.6. The highest BCUT2D eigenvalue weighted by Gasteiger charge is 2.37. The van der Waals surface area contributed by atoms with Crippen LogP contribution in [0.2, 0.25) is 0 Å². The molecule has 0 radical (unpaired) electrons. The summed E-state index contributed by atoms with van der Waals surface area (Å²) in [6, 6.07) is 3.46. The van der Waals surface area contributed by atoms with Crippen LogP contribution < -0.4 is 0 Å². The van der Waals surface area contributed by atoms with Crippen molar-refractivity contribution in [3.8, 4) is 0 Å². The third kappa shape index (κ3) is 4.13. The van der Waals surface area contributed by atoms with Crippen molar-refractivity contribution in [2.24, 2.45) is 0 Å². The molecule has 2 fully saturated rings. The fourth-order valence-electron chi connectivity index (χ4n) is 2.67. The van der Waals surface area contributed by atoms with Crippen molar-refractivity contribution < 1.29 is 18.0 Å². The minimum Gasteiger partial charge on any atom is -0.340 e. The van der Waals surface area contributed by atoms with E-state index in [0.717, 1.165) is 4.88 Å². The molecule has 25 heavy (non-hydrogen) atoms. The van der Waals surface area contributed by atoms with Crippen molar-refractivity contribution in [1.82, 2.24) is 9.80 Å². The molecule has 0 N–H and O–H groups in total. The van der Waals surface area contributed by atoms with Crippen LogP contribution >= 0.6 is 35.3 Å². The number of thiocarbonyl (C=S) groups is 1. The molecular formula is C15H16N2O4S4. The van der Waals surface area contributed by atoms with Gasteiger partial charge in [-0.3, -0.25) is 14.5 Å². The Balaban J connectivity index is 1.67. The molecular weight excluding hydrogens is 400 g/mol. The van der Waals surface area contributed by atoms with Gasteiger partial charge in [-0.05, 0) is 23.9 Å². The van der Waals surface area contributed by atoms with Crippen molar-refractivity contribution in [3.63, 3.8) is 0 Å². The maximum Gasteiger partial charge on any atom is 0.266 e. The van der Waals surface area contributed by atoms with Gasteiger partial charge < -0.3 is 4.90 Å². The summed E-state index contributed by atoms with van der Waals surface area (Å²) in [5, 5.41) is 1.92. The lowest BCUT2D eigenvalue weighted by Crippen LogP contribution is -2.45. The molecule has 1 atom stereocenters. The molecule has 3 heterocycles. The fraction of sp³-hybridized carbons (Fsp3) is 0.400. The Labute approximate surface area is 159 Å². The molecule has 1 aromatic rings. The molecule has 0 aromatic carbocycles. The number of thiophene rings is 1. The van der Waals surface area contributed by atoms with E-state index in [9.17, 15) is 18.0 Å². The Morgan fingerprint density at radius 1 is 1.52 bits per heavy atom. The van der Waals surface area contributed by atoms with Crippen molar-refractivity contribution >= 4 is 67.4 Å². The van der Waals surface area contributed by atoms with E-state index < -0.39 is 9.84 Å². The van der Waals surface area contributed by atoms with Gasteiger partial charge in [0.25, 0.3) is 5.91 Å². The van der Waals surface area contributed by atoms with Gasteiger partial charge in [0.1, 0.15) is 10.9 Å². The van der Waals surface area contributed by atoms with E-state index in [0.29, 0.717) is 15.6 Å². The summed E-state index contributed by atoms with van der Waals surface area (Å²) in [4.78, 5) is 29.1. The third-order valence-electron chi connectivity index (χ3n) is 4.13. The average molecular weight is 417 g/mol. The lowest BCUT2D eigenvalue weighted by molar-refractivity contribution is -0.135. The van der Waals surface area contributed by atoms with Gasteiger partial charge in [0.2, 0.25) is 5.91 Å². The number of thioether (sulfide) groups is 1. The van der Waals surface area contributed by atoms with Crippen molar-refractivity contribution in [2.45, 2.75) is 12.5 Å². The van der Waals surface area contributed by atoms with E-state index in [-0.39, 0.29) is 35.9 Å². The molecule has 0 bridgehead atoms. The lowest BCUT2D eigenvalue weighted by Gasteiger charge is -2.25. The lowest BCUT2D eigenvalue weighted by atomic mass is 10.2. The highest BCUT2D eigenvalue weighted by molar-refractivity contribution is 8.26. The first-order valence-electron chi connectivity index (χ1n) is 7.52. The van der Waals surface area contributed by atoms with Gasteiger partial charge in [0, 0.05) is 18.0 Å². The van der Waals surface area contributed by atoms with E-state index in [1.165, 1.54) is 32.9 Å². The van der Waals surface area contributed by atoms with Crippen LogP contribution in [0.4, 0.5) is 0 Å². The smallest absolute Gasteiger partial charge is 0.266 e. The maximum atomic E-state index is 12.5. The summed E-state index contributed by atoms with van der Waals surface area (Å²) < 4.78 is 23.5. The van der Waals surface area contributed by atoms with Gasteiger partial charge in [0.05, 0.1) is 16.4 Å². The van der Waals surface area contributed by atoms with Crippen LogP contribution in [0.15, 0.2) is 22.4 Å². The molecule has 2 amide bonds. The first-order valence-corrected chi connectivity index (χ1v) is 11.4. The minimum atomic E-state index is -3.07. The molecule has 2 aliphatic heterocycles. The molecule has 0 aliphatic carbocycles. The standard InChI is InChI=1S/C15H16N2O4S4/c1-16(10-4-6-25(20,21)9-10)13(18)8-17-14(19)12(24-15(17)22)7-11-3-2-5-23-11/h2-3,5,7,10H,4,6,8-9H2,1H3/b12-7+/t10-/m0/s1. The maximum absolute atomic E-state index is 12.5. The number of likely N-dealkylation sites (N-methyl/N-ethyl adjacent to an activating group) is 1. The second-order valence-corrected chi connectivity index (χ2v) is 10.7. The number of nitrogens with zero attached hydrogens (tertiary/aromatic N) is 2. The summed E-state index contributed by atoms with van der Waals surface area (Å²) in [6.07, 6.45) is 2.20. The van der Waals surface area contributed by atoms with Crippen LogP contribution in [0.1, 0.15) is 11.3 Å². The zero-order chi connectivity index (χ0) is 18.2. The van der Waals surface area contributed by atoms with E-state index in [1.807, 2.05) is 17.5 Å². The molecule has 3 rings (SSSR count). The number of rotatable bonds is 4. The average Bonchev–Trinajstić information content (AvgIpc) is 3.24. The summed E-state index contributed by atoms with van der Waals surface area (Å²) >= 11 is 7.92. The van der Waals surface area contributed by atoms with Crippen LogP contribution in [-0.4, -0.2) is 65.5 Å². The molecule has 10 heteroatoms. The van der Waals surface area contributed by atoms with Gasteiger partial charge >= 0.3 is 0 Å². The Morgan fingerprint density at radius 2 is 2.28 bits per heavy atom. The fourth-order valence-corrected chi connectivity index (χ4v) is 6.42. The van der Waals surface area contributed by atoms with Gasteiger partial charge in [-0.25, -0.2) is 8.42 Å². The Morgan fingerprint density at radius 3 is 2.88 bits per heavy atom. The summed E-state index contributed by atoms with van der Waals surface area (Å²) in [5.41, 5.74) is 0.